The fourth-order valence-corrected chi connectivity index (χ4v) is 4.61. The van der Waals surface area contributed by atoms with Crippen molar-refractivity contribution < 1.29 is 5.11 Å². The second-order valence-corrected chi connectivity index (χ2v) is 8.04. The molecule has 1 atom stereocenters. The van der Waals surface area contributed by atoms with Crippen LogP contribution in [0.15, 0.2) is 15.9 Å². The molecule has 0 spiro atoms. The molecule has 1 aromatic rings. The molecular formula is C15H20BrNOS. The first-order chi connectivity index (χ1) is 9.11. The summed E-state index contributed by atoms with van der Waals surface area (Å²) in [5.74, 6) is 0.744. The zero-order valence-corrected chi connectivity index (χ0v) is 13.6. The molecule has 19 heavy (non-hydrogen) atoms. The van der Waals surface area contributed by atoms with Crippen LogP contribution in [0.5, 0.6) is 0 Å². The van der Waals surface area contributed by atoms with Crippen molar-refractivity contribution in [3.63, 3.8) is 0 Å². The molecule has 1 aromatic heterocycles. The molecule has 1 fully saturated rings. The Hall–Kier alpha value is -0.370. The van der Waals surface area contributed by atoms with Crippen molar-refractivity contribution in [2.45, 2.75) is 51.6 Å². The van der Waals surface area contributed by atoms with Crippen molar-refractivity contribution in [3.8, 4) is 6.07 Å². The molecule has 0 radical (unpaired) electrons. The molecule has 1 aliphatic carbocycles. The third-order valence-electron chi connectivity index (χ3n) is 4.30. The number of nitrogens with zero attached hydrogens (tertiary/aromatic N) is 1. The SMILES string of the molecule is CCCC1CCC(C#N)(C(O)c2ccc(Br)s2)CC1. The number of hydrogen-bond acceptors (Lipinski definition) is 3. The van der Waals surface area contributed by atoms with Gasteiger partial charge in [0.25, 0.3) is 0 Å². The van der Waals surface area contributed by atoms with E-state index < -0.39 is 11.5 Å². The second-order valence-electron chi connectivity index (χ2n) is 5.54. The molecule has 1 N–H and O–H groups in total. The number of thiophene rings is 1. The highest BCUT2D eigenvalue weighted by atomic mass is 79.9. The third-order valence-corrected chi connectivity index (χ3v) is 5.98. The minimum Gasteiger partial charge on any atom is -0.386 e. The largest absolute Gasteiger partial charge is 0.386 e. The van der Waals surface area contributed by atoms with E-state index in [0.717, 1.165) is 40.3 Å². The number of aliphatic hydroxyl groups excluding tert-OH is 1. The fraction of sp³-hybridized carbons (Fsp3) is 0.667. The second kappa shape index (κ2) is 6.39. The Morgan fingerprint density at radius 1 is 1.53 bits per heavy atom. The van der Waals surface area contributed by atoms with Gasteiger partial charge in [0, 0.05) is 4.88 Å². The molecule has 0 amide bonds. The monoisotopic (exact) mass is 341 g/mol. The van der Waals surface area contributed by atoms with Gasteiger partial charge in [0.05, 0.1) is 15.3 Å². The van der Waals surface area contributed by atoms with E-state index in [1.54, 1.807) is 0 Å². The van der Waals surface area contributed by atoms with Crippen LogP contribution in [0.1, 0.15) is 56.4 Å². The molecule has 104 valence electrons. The Morgan fingerprint density at radius 2 is 2.21 bits per heavy atom. The van der Waals surface area contributed by atoms with Gasteiger partial charge in [0.2, 0.25) is 0 Å². The summed E-state index contributed by atoms with van der Waals surface area (Å²) in [6.07, 6.45) is 5.62. The van der Waals surface area contributed by atoms with Crippen LogP contribution < -0.4 is 0 Å². The predicted octanol–water partition coefficient (Wildman–Crippen LogP) is 5.04. The molecular weight excluding hydrogens is 322 g/mol. The summed E-state index contributed by atoms with van der Waals surface area (Å²) in [6.45, 7) is 2.21. The maximum Gasteiger partial charge on any atom is 0.107 e. The Labute approximate surface area is 127 Å². The molecule has 1 aliphatic rings. The van der Waals surface area contributed by atoms with Gasteiger partial charge in [0.1, 0.15) is 6.10 Å². The summed E-state index contributed by atoms with van der Waals surface area (Å²) >= 11 is 4.95. The highest BCUT2D eigenvalue weighted by Gasteiger charge is 2.42. The van der Waals surface area contributed by atoms with Gasteiger partial charge in [-0.05, 0) is 59.7 Å². The van der Waals surface area contributed by atoms with Gasteiger partial charge >= 0.3 is 0 Å². The maximum atomic E-state index is 10.6. The van der Waals surface area contributed by atoms with Crippen LogP contribution in [0.25, 0.3) is 0 Å². The summed E-state index contributed by atoms with van der Waals surface area (Å²) in [6, 6.07) is 6.30. The van der Waals surface area contributed by atoms with Gasteiger partial charge in [-0.2, -0.15) is 5.26 Å². The smallest absolute Gasteiger partial charge is 0.107 e. The van der Waals surface area contributed by atoms with E-state index in [0.29, 0.717) is 0 Å². The van der Waals surface area contributed by atoms with Crippen LogP contribution in [0, 0.1) is 22.7 Å². The molecule has 0 aromatic carbocycles. The van der Waals surface area contributed by atoms with Crippen LogP contribution in [0.3, 0.4) is 0 Å². The lowest BCUT2D eigenvalue weighted by Crippen LogP contribution is -2.32. The Bertz CT molecular complexity index is 457. The Kier molecular flexibility index (Phi) is 5.05. The molecule has 2 rings (SSSR count). The number of nitriles is 1. The summed E-state index contributed by atoms with van der Waals surface area (Å²) in [5, 5.41) is 20.2. The molecule has 0 aliphatic heterocycles. The zero-order valence-electron chi connectivity index (χ0n) is 11.2. The van der Waals surface area contributed by atoms with E-state index in [4.69, 9.17) is 0 Å². The highest BCUT2D eigenvalue weighted by molar-refractivity contribution is 9.11. The number of halogens is 1. The lowest BCUT2D eigenvalue weighted by atomic mass is 9.67. The predicted molar refractivity (Wildman–Crippen MR) is 81.9 cm³/mol. The van der Waals surface area contributed by atoms with E-state index in [9.17, 15) is 10.4 Å². The van der Waals surface area contributed by atoms with Gasteiger partial charge in [-0.25, -0.2) is 0 Å². The van der Waals surface area contributed by atoms with Gasteiger partial charge in [0.15, 0.2) is 0 Å². The van der Waals surface area contributed by atoms with Crippen molar-refractivity contribution >= 4 is 27.3 Å². The first-order valence-corrected chi connectivity index (χ1v) is 8.57. The van der Waals surface area contributed by atoms with Gasteiger partial charge in [-0.1, -0.05) is 19.8 Å². The van der Waals surface area contributed by atoms with Gasteiger partial charge in [-0.3, -0.25) is 0 Å². The Morgan fingerprint density at radius 3 is 2.68 bits per heavy atom. The van der Waals surface area contributed by atoms with Crippen molar-refractivity contribution in [2.75, 3.05) is 0 Å². The van der Waals surface area contributed by atoms with Crippen LogP contribution in [-0.2, 0) is 0 Å². The zero-order chi connectivity index (χ0) is 13.9. The van der Waals surface area contributed by atoms with E-state index >= 15 is 0 Å². The van der Waals surface area contributed by atoms with Crippen molar-refractivity contribution in [1.29, 1.82) is 5.26 Å². The van der Waals surface area contributed by atoms with Crippen molar-refractivity contribution in [1.82, 2.24) is 0 Å². The van der Waals surface area contributed by atoms with Gasteiger partial charge in [-0.15, -0.1) is 11.3 Å². The van der Waals surface area contributed by atoms with Crippen LogP contribution in [0.4, 0.5) is 0 Å². The molecule has 2 nitrogen and oxygen atoms in total. The van der Waals surface area contributed by atoms with Crippen LogP contribution >= 0.6 is 27.3 Å². The van der Waals surface area contributed by atoms with Crippen molar-refractivity contribution in [2.24, 2.45) is 11.3 Å². The van der Waals surface area contributed by atoms with Crippen LogP contribution in [0.2, 0.25) is 0 Å². The quantitative estimate of drug-likeness (QED) is 0.833. The topological polar surface area (TPSA) is 44.0 Å². The molecule has 1 saturated carbocycles. The molecule has 0 saturated heterocycles. The lowest BCUT2D eigenvalue weighted by molar-refractivity contribution is 0.0261. The Balaban J connectivity index is 2.10. The fourth-order valence-electron chi connectivity index (χ4n) is 3.08. The average molecular weight is 342 g/mol. The summed E-state index contributed by atoms with van der Waals surface area (Å²) in [4.78, 5) is 0.905. The molecule has 1 unspecified atom stereocenters. The van der Waals surface area contributed by atoms with E-state index in [-0.39, 0.29) is 0 Å². The summed E-state index contributed by atoms with van der Waals surface area (Å²) in [5.41, 5.74) is -0.575. The normalized spacial score (nSPS) is 28.8. The third kappa shape index (κ3) is 3.21. The number of rotatable bonds is 4. The lowest BCUT2D eigenvalue weighted by Gasteiger charge is -2.37. The molecule has 4 heteroatoms. The average Bonchev–Trinajstić information content (AvgIpc) is 2.86. The van der Waals surface area contributed by atoms with E-state index in [1.165, 1.54) is 24.2 Å². The maximum absolute atomic E-state index is 10.6. The highest BCUT2D eigenvalue weighted by Crippen LogP contribution is 2.49. The number of aliphatic hydroxyl groups is 1. The molecule has 1 heterocycles. The van der Waals surface area contributed by atoms with Crippen molar-refractivity contribution in [3.05, 3.63) is 20.8 Å². The standard InChI is InChI=1S/C15H20BrNOS/c1-2-3-11-6-8-15(10-17,9-7-11)14(18)12-4-5-13(16)19-12/h4-5,11,14,18H,2-3,6-9H2,1H3. The first kappa shape index (κ1) is 15.0. The van der Waals surface area contributed by atoms with E-state index in [2.05, 4.69) is 28.9 Å². The van der Waals surface area contributed by atoms with Gasteiger partial charge < -0.3 is 5.11 Å². The van der Waals surface area contributed by atoms with E-state index in [1.807, 2.05) is 12.1 Å². The summed E-state index contributed by atoms with van der Waals surface area (Å²) < 4.78 is 1.01. The minimum atomic E-state index is -0.642. The minimum absolute atomic E-state index is 0.575. The first-order valence-electron chi connectivity index (χ1n) is 6.96. The molecule has 0 bridgehead atoms. The number of hydrogen-bond donors (Lipinski definition) is 1. The summed E-state index contributed by atoms with van der Waals surface area (Å²) in [7, 11) is 0. The van der Waals surface area contributed by atoms with Crippen LogP contribution in [-0.4, -0.2) is 5.11 Å².